The molecule has 0 aliphatic carbocycles. The first-order chi connectivity index (χ1) is 18.2. The lowest BCUT2D eigenvalue weighted by Gasteiger charge is -2.24. The number of nitriles is 1. The quantitative estimate of drug-likeness (QED) is 0.383. The number of allylic oxidation sites excluding steroid dienone is 1. The second-order valence-electron chi connectivity index (χ2n) is 8.13. The molecule has 2 aromatic carbocycles. The maximum atomic E-state index is 13.5. The van der Waals surface area contributed by atoms with Gasteiger partial charge in [0.25, 0.3) is 5.56 Å². The molecule has 1 aromatic heterocycles. The van der Waals surface area contributed by atoms with Gasteiger partial charge in [0.2, 0.25) is 0 Å². The van der Waals surface area contributed by atoms with E-state index in [-0.39, 0.29) is 55.8 Å². The van der Waals surface area contributed by atoms with Crippen molar-refractivity contribution < 1.29 is 29.2 Å². The maximum absolute atomic E-state index is 13.5. The zero-order valence-corrected chi connectivity index (χ0v) is 21.7. The Bertz CT molecular complexity index is 1680. The summed E-state index contributed by atoms with van der Waals surface area (Å²) < 4.78 is 17.5. The lowest BCUT2D eigenvalue weighted by atomic mass is 9.83. The van der Waals surface area contributed by atoms with Gasteiger partial charge in [-0.05, 0) is 55.3 Å². The van der Waals surface area contributed by atoms with Crippen molar-refractivity contribution in [3.63, 3.8) is 0 Å². The van der Waals surface area contributed by atoms with E-state index in [9.17, 15) is 25.1 Å². The number of ether oxygens (including phenoxy) is 3. The summed E-state index contributed by atoms with van der Waals surface area (Å²) in [5.41, 5.74) is 6.88. The zero-order chi connectivity index (χ0) is 27.6. The molecule has 0 amide bonds. The van der Waals surface area contributed by atoms with Crippen molar-refractivity contribution in [2.45, 2.75) is 19.8 Å². The molecule has 4 rings (SSSR count). The predicted molar refractivity (Wildman–Crippen MR) is 141 cm³/mol. The average molecular weight is 536 g/mol. The van der Waals surface area contributed by atoms with Gasteiger partial charge in [-0.2, -0.15) is 5.26 Å². The fourth-order valence-electron chi connectivity index (χ4n) is 4.21. The number of thiazole rings is 1. The molecule has 196 valence electrons. The Balaban J connectivity index is 2.04. The minimum Gasteiger partial charge on any atom is -0.504 e. The molecule has 10 nitrogen and oxygen atoms in total. The summed E-state index contributed by atoms with van der Waals surface area (Å²) in [6.45, 7) is 4.16. The van der Waals surface area contributed by atoms with Gasteiger partial charge in [0.15, 0.2) is 23.0 Å². The van der Waals surface area contributed by atoms with Crippen LogP contribution in [0.5, 0.6) is 23.0 Å². The number of phenolic OH excluding ortho intramolecular Hbond substituents is 2. The molecule has 3 aromatic rings. The molecule has 0 radical (unpaired) electrons. The van der Waals surface area contributed by atoms with E-state index in [0.29, 0.717) is 17.7 Å². The average Bonchev–Trinajstić information content (AvgIpc) is 3.22. The molecule has 2 heterocycles. The molecule has 0 spiro atoms. The number of methoxy groups -OCH3 is 1. The predicted octanol–water partition coefficient (Wildman–Crippen LogP) is 1.72. The standard InChI is InChI=1S/C27H25N3O7S/c1-4-36-19-10-14(6-8-17(19)31)11-21-25(33)30-24(29)16(13-28)22(23(26(30)38-21)27(34)35-3)15-7-9-18(32)20(12-15)37-5-2/h6-12,22,31-32H,4-5,29H2,1-3H3/b21-11+/t22-/m0/s1. The second kappa shape index (κ2) is 10.7. The first-order valence-electron chi connectivity index (χ1n) is 11.6. The Morgan fingerprint density at radius 2 is 1.76 bits per heavy atom. The van der Waals surface area contributed by atoms with E-state index >= 15 is 0 Å². The monoisotopic (exact) mass is 535 g/mol. The van der Waals surface area contributed by atoms with E-state index < -0.39 is 17.4 Å². The zero-order valence-electron chi connectivity index (χ0n) is 20.8. The highest BCUT2D eigenvalue weighted by Crippen LogP contribution is 2.40. The highest BCUT2D eigenvalue weighted by atomic mass is 32.1. The number of aromatic nitrogens is 1. The third-order valence-electron chi connectivity index (χ3n) is 5.87. The number of hydrogen-bond donors (Lipinski definition) is 3. The van der Waals surface area contributed by atoms with Crippen molar-refractivity contribution in [3.8, 4) is 29.1 Å². The van der Waals surface area contributed by atoms with Crippen molar-refractivity contribution >= 4 is 34.8 Å². The fraction of sp³-hybridized carbons (Fsp3) is 0.222. The van der Waals surface area contributed by atoms with E-state index in [1.54, 1.807) is 38.1 Å². The van der Waals surface area contributed by atoms with Gasteiger partial charge in [-0.3, -0.25) is 9.36 Å². The Morgan fingerprint density at radius 1 is 1.13 bits per heavy atom. The summed E-state index contributed by atoms with van der Waals surface area (Å²) >= 11 is 1.01. The number of rotatable bonds is 7. The molecule has 4 N–H and O–H groups in total. The number of phenols is 2. The number of fused-ring (bicyclic) bond motifs is 1. The fourth-order valence-corrected chi connectivity index (χ4v) is 5.38. The Labute approximate surface area is 221 Å². The number of aromatic hydroxyl groups is 2. The normalized spacial score (nSPS) is 15.2. The van der Waals surface area contributed by atoms with Crippen LogP contribution < -0.4 is 30.0 Å². The van der Waals surface area contributed by atoms with Crippen LogP contribution >= 0.6 is 11.3 Å². The van der Waals surface area contributed by atoms with Crippen LogP contribution in [0.4, 0.5) is 0 Å². The van der Waals surface area contributed by atoms with Crippen LogP contribution in [0.3, 0.4) is 0 Å². The van der Waals surface area contributed by atoms with E-state index in [1.807, 2.05) is 6.07 Å². The van der Waals surface area contributed by atoms with Gasteiger partial charge in [0, 0.05) is 0 Å². The van der Waals surface area contributed by atoms with Crippen LogP contribution in [-0.2, 0) is 9.53 Å². The highest BCUT2D eigenvalue weighted by Gasteiger charge is 2.36. The highest BCUT2D eigenvalue weighted by molar-refractivity contribution is 7.07. The number of benzene rings is 2. The molecule has 0 unspecified atom stereocenters. The summed E-state index contributed by atoms with van der Waals surface area (Å²) in [5, 5.41) is 30.2. The lowest BCUT2D eigenvalue weighted by Crippen LogP contribution is -2.40. The topological polar surface area (TPSA) is 157 Å². The largest absolute Gasteiger partial charge is 0.504 e. The van der Waals surface area contributed by atoms with Gasteiger partial charge in [0.1, 0.15) is 10.5 Å². The van der Waals surface area contributed by atoms with Gasteiger partial charge < -0.3 is 30.2 Å². The van der Waals surface area contributed by atoms with Crippen molar-refractivity contribution in [1.29, 1.82) is 5.26 Å². The molecule has 0 bridgehead atoms. The van der Waals surface area contributed by atoms with E-state index in [0.717, 1.165) is 15.9 Å². The molecule has 38 heavy (non-hydrogen) atoms. The maximum Gasteiger partial charge on any atom is 0.337 e. The minimum atomic E-state index is -0.976. The number of hydrogen-bond acceptors (Lipinski definition) is 10. The van der Waals surface area contributed by atoms with Crippen LogP contribution in [0.2, 0.25) is 0 Å². The Morgan fingerprint density at radius 3 is 2.37 bits per heavy atom. The molecule has 0 fully saturated rings. The summed E-state index contributed by atoms with van der Waals surface area (Å²) in [5.74, 6) is -1.55. The third-order valence-corrected chi connectivity index (χ3v) is 6.98. The second-order valence-corrected chi connectivity index (χ2v) is 9.16. The molecule has 0 saturated carbocycles. The van der Waals surface area contributed by atoms with Gasteiger partial charge in [-0.25, -0.2) is 4.79 Å². The summed E-state index contributed by atoms with van der Waals surface area (Å²) in [7, 11) is 1.21. The van der Waals surface area contributed by atoms with E-state index in [1.165, 1.54) is 25.3 Å². The molecule has 11 heteroatoms. The third kappa shape index (κ3) is 4.57. The van der Waals surface area contributed by atoms with E-state index in [4.69, 9.17) is 19.9 Å². The summed E-state index contributed by atoms with van der Waals surface area (Å²) in [4.78, 5) is 26.6. The van der Waals surface area contributed by atoms with Gasteiger partial charge in [-0.15, -0.1) is 11.3 Å². The Hall–Kier alpha value is -4.69. The molecule has 1 atom stereocenters. The Kier molecular flexibility index (Phi) is 7.45. The smallest absolute Gasteiger partial charge is 0.337 e. The van der Waals surface area contributed by atoms with Gasteiger partial charge >= 0.3 is 5.97 Å². The molecule has 1 aliphatic heterocycles. The van der Waals surface area contributed by atoms with Gasteiger partial charge in [0.05, 0.1) is 48.0 Å². The van der Waals surface area contributed by atoms with Crippen LogP contribution in [-0.4, -0.2) is 41.1 Å². The van der Waals surface area contributed by atoms with Crippen LogP contribution in [0.1, 0.15) is 30.9 Å². The summed E-state index contributed by atoms with van der Waals surface area (Å²) in [6, 6.07) is 11.2. The summed E-state index contributed by atoms with van der Waals surface area (Å²) in [6.07, 6.45) is 1.58. The number of nitrogens with two attached hydrogens (primary N) is 1. The number of carbonyl (C=O) groups excluding carboxylic acids is 1. The SMILES string of the molecule is CCOc1cc(/C=c2/sc3n(c2=O)C(N)=C(C#N)[C@H](c2ccc(O)c(OCC)c2)C=3C(=O)OC)ccc1O. The van der Waals surface area contributed by atoms with Crippen molar-refractivity contribution in [2.75, 3.05) is 20.3 Å². The van der Waals surface area contributed by atoms with Crippen molar-refractivity contribution in [3.05, 3.63) is 72.6 Å². The lowest BCUT2D eigenvalue weighted by molar-refractivity contribution is -0.134. The first kappa shape index (κ1) is 26.4. The molecular formula is C27H25N3O7S. The minimum absolute atomic E-state index is 0.0271. The van der Waals surface area contributed by atoms with Crippen LogP contribution in [0.25, 0.3) is 17.5 Å². The molecular weight excluding hydrogens is 510 g/mol. The molecule has 0 saturated heterocycles. The molecule has 1 aliphatic rings. The number of carbonyl (C=O) groups is 1. The van der Waals surface area contributed by atoms with Gasteiger partial charge in [-0.1, -0.05) is 12.1 Å². The van der Waals surface area contributed by atoms with Crippen molar-refractivity contribution in [2.24, 2.45) is 5.73 Å². The van der Waals surface area contributed by atoms with Crippen LogP contribution in [0, 0.1) is 11.3 Å². The van der Waals surface area contributed by atoms with E-state index in [2.05, 4.69) is 0 Å². The van der Waals surface area contributed by atoms with Crippen LogP contribution in [0.15, 0.2) is 46.8 Å². The van der Waals surface area contributed by atoms with Crippen molar-refractivity contribution in [1.82, 2.24) is 4.57 Å². The number of nitrogens with zero attached hydrogens (tertiary/aromatic N) is 2. The first-order valence-corrected chi connectivity index (χ1v) is 12.4. The number of esters is 1.